The minimum atomic E-state index is -0.674. The Balaban J connectivity index is 1.49. The number of benzene rings is 3. The SMILES string of the molecule is COc1ccccc1CN1CC(=O)N2C(c3cc(OC)c(OC)c(OC)c3)c3[nH]c4ccccc4c3C[C@H]2C1=O. The van der Waals surface area contributed by atoms with Crippen LogP contribution < -0.4 is 18.9 Å². The van der Waals surface area contributed by atoms with Gasteiger partial charge in [-0.1, -0.05) is 36.4 Å². The van der Waals surface area contributed by atoms with Gasteiger partial charge in [-0.05, 0) is 35.4 Å². The molecule has 0 spiro atoms. The molecular formula is C31H31N3O6. The molecular weight excluding hydrogens is 510 g/mol. The van der Waals surface area contributed by atoms with E-state index < -0.39 is 12.1 Å². The molecule has 0 aliphatic carbocycles. The van der Waals surface area contributed by atoms with E-state index in [1.807, 2.05) is 60.7 Å². The highest BCUT2D eigenvalue weighted by Crippen LogP contribution is 2.47. The Bertz CT molecular complexity index is 1590. The standard InChI is InChI=1S/C31H31N3O6/c1-37-24-12-8-5-9-18(24)16-33-17-27(35)34-23(31(33)36)15-21-20-10-6-7-11-22(20)32-28(21)29(34)19-13-25(38-2)30(40-4)26(14-19)39-3/h5-14,23,29,32H,15-17H2,1-4H3/t23-,29?/m0/s1. The second-order valence-corrected chi connectivity index (χ2v) is 9.95. The van der Waals surface area contributed by atoms with E-state index in [-0.39, 0.29) is 24.9 Å². The number of H-pyrrole nitrogens is 1. The smallest absolute Gasteiger partial charge is 0.246 e. The summed E-state index contributed by atoms with van der Waals surface area (Å²) in [6.07, 6.45) is 0.410. The van der Waals surface area contributed by atoms with E-state index in [9.17, 15) is 9.59 Å². The molecule has 1 N–H and O–H groups in total. The van der Waals surface area contributed by atoms with Crippen molar-refractivity contribution in [3.8, 4) is 23.0 Å². The summed E-state index contributed by atoms with van der Waals surface area (Å²) in [5.74, 6) is 1.86. The number of nitrogens with one attached hydrogen (secondary N) is 1. The van der Waals surface area contributed by atoms with Crippen LogP contribution in [0.2, 0.25) is 0 Å². The van der Waals surface area contributed by atoms with E-state index in [0.29, 0.717) is 29.4 Å². The zero-order valence-corrected chi connectivity index (χ0v) is 22.9. The molecule has 4 aromatic rings. The number of aromatic nitrogens is 1. The van der Waals surface area contributed by atoms with Crippen molar-refractivity contribution in [1.82, 2.24) is 14.8 Å². The number of aromatic amines is 1. The van der Waals surface area contributed by atoms with Gasteiger partial charge in [0.05, 0.1) is 34.5 Å². The van der Waals surface area contributed by atoms with Crippen molar-refractivity contribution in [1.29, 1.82) is 0 Å². The molecule has 3 aromatic carbocycles. The normalized spacial score (nSPS) is 18.4. The number of fused-ring (bicyclic) bond motifs is 4. The fourth-order valence-electron chi connectivity index (χ4n) is 6.10. The minimum absolute atomic E-state index is 0.0378. The van der Waals surface area contributed by atoms with Gasteiger partial charge >= 0.3 is 0 Å². The number of carbonyl (C=O) groups excluding carboxylic acids is 2. The molecule has 0 saturated carbocycles. The summed E-state index contributed by atoms with van der Waals surface area (Å²) in [4.78, 5) is 35.0. The maximum Gasteiger partial charge on any atom is 0.246 e. The molecule has 3 heterocycles. The van der Waals surface area contributed by atoms with Gasteiger partial charge in [0.2, 0.25) is 17.6 Å². The largest absolute Gasteiger partial charge is 0.496 e. The van der Waals surface area contributed by atoms with Crippen molar-refractivity contribution >= 4 is 22.7 Å². The van der Waals surface area contributed by atoms with Gasteiger partial charge in [-0.25, -0.2) is 0 Å². The van der Waals surface area contributed by atoms with Gasteiger partial charge in [-0.2, -0.15) is 0 Å². The Morgan fingerprint density at radius 3 is 2.23 bits per heavy atom. The van der Waals surface area contributed by atoms with Crippen molar-refractivity contribution in [3.05, 3.63) is 83.0 Å². The molecule has 206 valence electrons. The molecule has 9 nitrogen and oxygen atoms in total. The average molecular weight is 542 g/mol. The lowest BCUT2D eigenvalue weighted by Crippen LogP contribution is -2.62. The first-order valence-corrected chi connectivity index (χ1v) is 13.1. The minimum Gasteiger partial charge on any atom is -0.496 e. The molecule has 1 unspecified atom stereocenters. The zero-order chi connectivity index (χ0) is 28.0. The quantitative estimate of drug-likeness (QED) is 0.379. The predicted octanol–water partition coefficient (Wildman–Crippen LogP) is 4.09. The van der Waals surface area contributed by atoms with Crippen LogP contribution in [-0.4, -0.2) is 67.6 Å². The molecule has 1 aromatic heterocycles. The number of hydrogen-bond donors (Lipinski definition) is 1. The van der Waals surface area contributed by atoms with Crippen LogP contribution in [0.3, 0.4) is 0 Å². The van der Waals surface area contributed by atoms with Crippen LogP contribution in [0.15, 0.2) is 60.7 Å². The Morgan fingerprint density at radius 2 is 1.52 bits per heavy atom. The summed E-state index contributed by atoms with van der Waals surface area (Å²) in [6.45, 7) is 0.248. The lowest BCUT2D eigenvalue weighted by molar-refractivity contribution is -0.159. The number of piperazine rings is 1. The van der Waals surface area contributed by atoms with E-state index in [1.165, 1.54) is 0 Å². The third kappa shape index (κ3) is 4.00. The molecule has 1 saturated heterocycles. The molecule has 2 atom stereocenters. The third-order valence-corrected chi connectivity index (χ3v) is 7.90. The first-order chi connectivity index (χ1) is 19.5. The van der Waals surface area contributed by atoms with Gasteiger partial charge < -0.3 is 33.7 Å². The number of para-hydroxylation sites is 2. The molecule has 40 heavy (non-hydrogen) atoms. The van der Waals surface area contributed by atoms with Crippen LogP contribution in [0.25, 0.3) is 10.9 Å². The van der Waals surface area contributed by atoms with Gasteiger partial charge in [0.15, 0.2) is 11.5 Å². The summed E-state index contributed by atoms with van der Waals surface area (Å²) in [7, 11) is 6.27. The van der Waals surface area contributed by atoms with E-state index in [1.54, 1.807) is 38.2 Å². The molecule has 2 aliphatic heterocycles. The number of nitrogens with zero attached hydrogens (tertiary/aromatic N) is 2. The zero-order valence-electron chi connectivity index (χ0n) is 22.9. The number of ether oxygens (including phenoxy) is 4. The van der Waals surface area contributed by atoms with E-state index in [4.69, 9.17) is 18.9 Å². The molecule has 2 amide bonds. The Labute approximate surface area is 232 Å². The highest BCUT2D eigenvalue weighted by atomic mass is 16.5. The first-order valence-electron chi connectivity index (χ1n) is 13.1. The third-order valence-electron chi connectivity index (χ3n) is 7.90. The number of hydrogen-bond acceptors (Lipinski definition) is 6. The lowest BCUT2D eigenvalue weighted by atomic mass is 9.86. The highest BCUT2D eigenvalue weighted by molar-refractivity contribution is 5.97. The molecule has 0 radical (unpaired) electrons. The monoisotopic (exact) mass is 541 g/mol. The van der Waals surface area contributed by atoms with Gasteiger partial charge in [0, 0.05) is 35.1 Å². The van der Waals surface area contributed by atoms with Gasteiger partial charge in [0.1, 0.15) is 18.3 Å². The Hall–Kier alpha value is -4.66. The van der Waals surface area contributed by atoms with Crippen molar-refractivity contribution in [3.63, 3.8) is 0 Å². The number of carbonyl (C=O) groups is 2. The predicted molar refractivity (Wildman–Crippen MR) is 149 cm³/mol. The van der Waals surface area contributed by atoms with Crippen LogP contribution in [0.1, 0.15) is 28.4 Å². The highest BCUT2D eigenvalue weighted by Gasteiger charge is 2.48. The van der Waals surface area contributed by atoms with Gasteiger partial charge in [-0.15, -0.1) is 0 Å². The topological polar surface area (TPSA) is 93.3 Å². The summed E-state index contributed by atoms with van der Waals surface area (Å²) in [6, 6.07) is 18.0. The summed E-state index contributed by atoms with van der Waals surface area (Å²) in [5.41, 5.74) is 4.47. The maximum absolute atomic E-state index is 14.1. The van der Waals surface area contributed by atoms with E-state index in [2.05, 4.69) is 4.98 Å². The molecule has 6 rings (SSSR count). The second-order valence-electron chi connectivity index (χ2n) is 9.95. The summed E-state index contributed by atoms with van der Waals surface area (Å²) >= 11 is 0. The van der Waals surface area contributed by atoms with E-state index in [0.717, 1.165) is 33.3 Å². The molecule has 2 aliphatic rings. The first kappa shape index (κ1) is 25.6. The van der Waals surface area contributed by atoms with Crippen LogP contribution in [-0.2, 0) is 22.6 Å². The fraction of sp³-hybridized carbons (Fsp3) is 0.290. The van der Waals surface area contributed by atoms with Crippen LogP contribution in [0, 0.1) is 0 Å². The van der Waals surface area contributed by atoms with Crippen LogP contribution >= 0.6 is 0 Å². The van der Waals surface area contributed by atoms with Gasteiger partial charge in [-0.3, -0.25) is 9.59 Å². The van der Waals surface area contributed by atoms with Crippen molar-refractivity contribution < 1.29 is 28.5 Å². The fourth-order valence-corrected chi connectivity index (χ4v) is 6.10. The molecule has 0 bridgehead atoms. The number of methoxy groups -OCH3 is 4. The Kier molecular flexibility index (Phi) is 6.50. The average Bonchev–Trinajstić information content (AvgIpc) is 3.36. The molecule has 9 heteroatoms. The van der Waals surface area contributed by atoms with Crippen LogP contribution in [0.5, 0.6) is 23.0 Å². The summed E-state index contributed by atoms with van der Waals surface area (Å²) in [5, 5.41) is 1.04. The summed E-state index contributed by atoms with van der Waals surface area (Å²) < 4.78 is 22.3. The van der Waals surface area contributed by atoms with Crippen LogP contribution in [0.4, 0.5) is 0 Å². The van der Waals surface area contributed by atoms with Gasteiger partial charge in [0.25, 0.3) is 0 Å². The maximum atomic E-state index is 14.1. The number of amides is 2. The molecule has 1 fully saturated rings. The van der Waals surface area contributed by atoms with Crippen molar-refractivity contribution in [2.24, 2.45) is 0 Å². The second kappa shape index (κ2) is 10.1. The number of rotatable bonds is 7. The van der Waals surface area contributed by atoms with E-state index >= 15 is 0 Å². The Morgan fingerprint density at radius 1 is 0.850 bits per heavy atom. The van der Waals surface area contributed by atoms with Crippen molar-refractivity contribution in [2.75, 3.05) is 35.0 Å². The lowest BCUT2D eigenvalue weighted by Gasteiger charge is -2.47. The van der Waals surface area contributed by atoms with Crippen molar-refractivity contribution in [2.45, 2.75) is 25.0 Å².